The number of benzene rings is 1. The molecular formula is C14H14FN3O2. The number of pyridine rings is 1. The molecule has 0 bridgehead atoms. The smallest absolute Gasteiger partial charge is 0.269 e. The predicted molar refractivity (Wildman–Crippen MR) is 73.0 cm³/mol. The van der Waals surface area contributed by atoms with Crippen LogP contribution in [0.2, 0.25) is 0 Å². The Bertz CT molecular complexity index is 614. The van der Waals surface area contributed by atoms with Crippen LogP contribution in [-0.2, 0) is 0 Å². The molecule has 0 unspecified atom stereocenters. The SMILES string of the molecule is COc1ncc(NNC(=O)c2ccc(C)cc2)cc1F. The van der Waals surface area contributed by atoms with Crippen molar-refractivity contribution in [3.8, 4) is 5.88 Å². The molecule has 104 valence electrons. The Kier molecular flexibility index (Phi) is 4.14. The highest BCUT2D eigenvalue weighted by atomic mass is 19.1. The minimum atomic E-state index is -0.609. The van der Waals surface area contributed by atoms with Crippen LogP contribution < -0.4 is 15.6 Å². The van der Waals surface area contributed by atoms with Gasteiger partial charge in [-0.25, -0.2) is 9.37 Å². The van der Waals surface area contributed by atoms with E-state index in [-0.39, 0.29) is 11.8 Å². The third-order valence-corrected chi connectivity index (χ3v) is 2.63. The van der Waals surface area contributed by atoms with Crippen molar-refractivity contribution in [1.82, 2.24) is 10.4 Å². The first-order valence-electron chi connectivity index (χ1n) is 5.92. The van der Waals surface area contributed by atoms with Crippen LogP contribution in [-0.4, -0.2) is 18.0 Å². The second kappa shape index (κ2) is 6.01. The fraction of sp³-hybridized carbons (Fsp3) is 0.143. The highest BCUT2D eigenvalue weighted by Gasteiger charge is 2.07. The zero-order chi connectivity index (χ0) is 14.5. The van der Waals surface area contributed by atoms with E-state index < -0.39 is 5.82 Å². The van der Waals surface area contributed by atoms with E-state index in [1.54, 1.807) is 12.1 Å². The van der Waals surface area contributed by atoms with E-state index in [9.17, 15) is 9.18 Å². The number of carbonyl (C=O) groups excluding carboxylic acids is 1. The maximum Gasteiger partial charge on any atom is 0.269 e. The lowest BCUT2D eigenvalue weighted by Gasteiger charge is -2.09. The van der Waals surface area contributed by atoms with Gasteiger partial charge in [0.25, 0.3) is 5.91 Å². The van der Waals surface area contributed by atoms with Gasteiger partial charge >= 0.3 is 0 Å². The number of hydrazine groups is 1. The van der Waals surface area contributed by atoms with Crippen molar-refractivity contribution in [3.63, 3.8) is 0 Å². The molecule has 1 aromatic carbocycles. The largest absolute Gasteiger partial charge is 0.479 e. The van der Waals surface area contributed by atoms with Crippen molar-refractivity contribution < 1.29 is 13.9 Å². The van der Waals surface area contributed by atoms with Crippen LogP contribution >= 0.6 is 0 Å². The molecule has 5 nitrogen and oxygen atoms in total. The van der Waals surface area contributed by atoms with Gasteiger partial charge in [-0.05, 0) is 19.1 Å². The van der Waals surface area contributed by atoms with Gasteiger partial charge in [-0.1, -0.05) is 17.7 Å². The molecule has 0 saturated heterocycles. The molecule has 20 heavy (non-hydrogen) atoms. The molecule has 0 spiro atoms. The number of methoxy groups -OCH3 is 1. The molecule has 6 heteroatoms. The van der Waals surface area contributed by atoms with Crippen LogP contribution in [0.1, 0.15) is 15.9 Å². The topological polar surface area (TPSA) is 63.2 Å². The van der Waals surface area contributed by atoms with E-state index in [4.69, 9.17) is 4.74 Å². The van der Waals surface area contributed by atoms with E-state index in [1.807, 2.05) is 19.1 Å². The summed E-state index contributed by atoms with van der Waals surface area (Å²) < 4.78 is 18.1. The zero-order valence-corrected chi connectivity index (χ0v) is 11.1. The predicted octanol–water partition coefficient (Wildman–Crippen LogP) is 2.29. The normalized spacial score (nSPS) is 9.95. The van der Waals surface area contributed by atoms with Crippen molar-refractivity contribution in [2.75, 3.05) is 12.5 Å². The van der Waals surface area contributed by atoms with Crippen LogP contribution in [0.4, 0.5) is 10.1 Å². The van der Waals surface area contributed by atoms with Crippen molar-refractivity contribution in [1.29, 1.82) is 0 Å². The summed E-state index contributed by atoms with van der Waals surface area (Å²) in [6.07, 6.45) is 1.36. The maximum absolute atomic E-state index is 13.4. The Morgan fingerprint density at radius 1 is 1.30 bits per heavy atom. The van der Waals surface area contributed by atoms with Crippen LogP contribution in [0.25, 0.3) is 0 Å². The number of aromatic nitrogens is 1. The van der Waals surface area contributed by atoms with Gasteiger partial charge in [0, 0.05) is 11.6 Å². The summed E-state index contributed by atoms with van der Waals surface area (Å²) >= 11 is 0. The van der Waals surface area contributed by atoms with Gasteiger partial charge in [-0.3, -0.25) is 15.6 Å². The summed E-state index contributed by atoms with van der Waals surface area (Å²) in [5.41, 5.74) is 6.95. The highest BCUT2D eigenvalue weighted by molar-refractivity contribution is 5.94. The molecule has 1 heterocycles. The van der Waals surface area contributed by atoms with E-state index in [0.29, 0.717) is 11.3 Å². The second-order valence-corrected chi connectivity index (χ2v) is 4.16. The molecule has 0 aliphatic carbocycles. The lowest BCUT2D eigenvalue weighted by Crippen LogP contribution is -2.29. The van der Waals surface area contributed by atoms with E-state index in [1.165, 1.54) is 19.4 Å². The monoisotopic (exact) mass is 275 g/mol. The molecule has 1 aromatic heterocycles. The lowest BCUT2D eigenvalue weighted by atomic mass is 10.1. The van der Waals surface area contributed by atoms with Gasteiger partial charge in [0.05, 0.1) is 19.0 Å². The number of amides is 1. The molecule has 2 rings (SSSR count). The Morgan fingerprint density at radius 3 is 2.60 bits per heavy atom. The molecule has 0 saturated carbocycles. The number of ether oxygens (including phenoxy) is 1. The number of aryl methyl sites for hydroxylation is 1. The van der Waals surface area contributed by atoms with Crippen molar-refractivity contribution in [2.45, 2.75) is 6.92 Å². The third-order valence-electron chi connectivity index (χ3n) is 2.63. The standard InChI is InChI=1S/C14H14FN3O2/c1-9-3-5-10(6-4-9)13(19)18-17-11-7-12(15)14(20-2)16-8-11/h3-8,17H,1-2H3,(H,18,19). The maximum atomic E-state index is 13.4. The molecule has 0 radical (unpaired) electrons. The summed E-state index contributed by atoms with van der Waals surface area (Å²) in [4.78, 5) is 15.6. The molecule has 0 aliphatic rings. The second-order valence-electron chi connectivity index (χ2n) is 4.16. The van der Waals surface area contributed by atoms with E-state index in [0.717, 1.165) is 5.56 Å². The summed E-state index contributed by atoms with van der Waals surface area (Å²) in [5.74, 6) is -1.02. The molecule has 0 atom stereocenters. The Labute approximate surface area is 115 Å². The number of halogens is 1. The van der Waals surface area contributed by atoms with Crippen LogP contribution in [0.3, 0.4) is 0 Å². The van der Waals surface area contributed by atoms with Crippen molar-refractivity contribution in [2.24, 2.45) is 0 Å². The Hall–Kier alpha value is -2.63. The fourth-order valence-corrected chi connectivity index (χ4v) is 1.55. The molecule has 0 fully saturated rings. The summed E-state index contributed by atoms with van der Waals surface area (Å²) in [7, 11) is 1.33. The summed E-state index contributed by atoms with van der Waals surface area (Å²) in [6, 6.07) is 8.27. The molecule has 1 amide bonds. The number of hydrogen-bond acceptors (Lipinski definition) is 4. The van der Waals surface area contributed by atoms with Gasteiger partial charge in [-0.2, -0.15) is 0 Å². The van der Waals surface area contributed by atoms with Gasteiger partial charge in [0.2, 0.25) is 5.88 Å². The fourth-order valence-electron chi connectivity index (χ4n) is 1.55. The lowest BCUT2D eigenvalue weighted by molar-refractivity contribution is 0.0962. The van der Waals surface area contributed by atoms with E-state index in [2.05, 4.69) is 15.8 Å². The first-order valence-corrected chi connectivity index (χ1v) is 5.92. The Morgan fingerprint density at radius 2 is 2.00 bits per heavy atom. The van der Waals surface area contributed by atoms with Crippen molar-refractivity contribution >= 4 is 11.6 Å². The number of nitrogens with zero attached hydrogens (tertiary/aromatic N) is 1. The van der Waals surface area contributed by atoms with Gasteiger partial charge < -0.3 is 4.74 Å². The highest BCUT2D eigenvalue weighted by Crippen LogP contribution is 2.16. The van der Waals surface area contributed by atoms with Crippen molar-refractivity contribution in [3.05, 3.63) is 53.5 Å². The van der Waals surface area contributed by atoms with Gasteiger partial charge in [0.1, 0.15) is 0 Å². The number of hydrogen-bond donors (Lipinski definition) is 2. The quantitative estimate of drug-likeness (QED) is 0.840. The molecule has 2 N–H and O–H groups in total. The number of nitrogens with one attached hydrogen (secondary N) is 2. The average molecular weight is 275 g/mol. The van der Waals surface area contributed by atoms with E-state index >= 15 is 0 Å². The first-order chi connectivity index (χ1) is 9.60. The first kappa shape index (κ1) is 13.8. The third kappa shape index (κ3) is 3.23. The molecule has 2 aromatic rings. The van der Waals surface area contributed by atoms with Gasteiger partial charge in [0.15, 0.2) is 5.82 Å². The molecular weight excluding hydrogens is 261 g/mol. The minimum Gasteiger partial charge on any atom is -0.479 e. The zero-order valence-electron chi connectivity index (χ0n) is 11.1. The van der Waals surface area contributed by atoms with Crippen LogP contribution in [0.15, 0.2) is 36.5 Å². The average Bonchev–Trinajstić information content (AvgIpc) is 2.45. The van der Waals surface area contributed by atoms with Gasteiger partial charge in [-0.15, -0.1) is 0 Å². The molecule has 0 aliphatic heterocycles. The summed E-state index contributed by atoms with van der Waals surface area (Å²) in [5, 5.41) is 0. The number of carbonyl (C=O) groups is 1. The minimum absolute atomic E-state index is 0.0968. The number of rotatable bonds is 4. The van der Waals surface area contributed by atoms with Crippen LogP contribution in [0.5, 0.6) is 5.88 Å². The number of anilines is 1. The van der Waals surface area contributed by atoms with Crippen LogP contribution in [0, 0.1) is 12.7 Å². The summed E-state index contributed by atoms with van der Waals surface area (Å²) in [6.45, 7) is 1.94. The Balaban J connectivity index is 1.99.